The highest BCUT2D eigenvalue weighted by Crippen LogP contribution is 2.19. The normalized spacial score (nSPS) is 9.50. The van der Waals surface area contributed by atoms with E-state index in [2.05, 4.69) is 17.2 Å². The lowest BCUT2D eigenvalue weighted by atomic mass is 10.2. The Kier molecular flexibility index (Phi) is 4.77. The van der Waals surface area contributed by atoms with Gasteiger partial charge in [-0.3, -0.25) is 4.79 Å². The Balaban J connectivity index is 2.13. The molecule has 0 unspecified atom stereocenters. The molecule has 5 heteroatoms. The molecule has 102 valence electrons. The van der Waals surface area contributed by atoms with Crippen LogP contribution < -0.4 is 15.8 Å². The fraction of sp³-hybridized carbons (Fsp3) is 0.133. The van der Waals surface area contributed by atoms with E-state index >= 15 is 0 Å². The average Bonchev–Trinajstić information content (AvgIpc) is 2.94. The van der Waals surface area contributed by atoms with Crippen molar-refractivity contribution in [2.75, 3.05) is 19.0 Å². The van der Waals surface area contributed by atoms with Gasteiger partial charge >= 0.3 is 0 Å². The van der Waals surface area contributed by atoms with E-state index in [1.54, 1.807) is 31.4 Å². The summed E-state index contributed by atoms with van der Waals surface area (Å²) in [6, 6.07) is 8.97. The standard InChI is InChI=1S/C15H14N2O2S/c1-19-13-6-4-12(5-7-13)17-15(18)14-11(3-2-9-16)8-10-20-14/h4-8,10H,9,16H2,1H3,(H,17,18). The predicted molar refractivity (Wildman–Crippen MR) is 81.2 cm³/mol. The van der Waals surface area contributed by atoms with Gasteiger partial charge in [0.2, 0.25) is 0 Å². The molecule has 0 aliphatic heterocycles. The summed E-state index contributed by atoms with van der Waals surface area (Å²) in [7, 11) is 1.60. The molecule has 0 aliphatic rings. The lowest BCUT2D eigenvalue weighted by Gasteiger charge is -2.05. The molecule has 0 fully saturated rings. The maximum atomic E-state index is 12.2. The van der Waals surface area contributed by atoms with Crippen molar-refractivity contribution >= 4 is 22.9 Å². The Morgan fingerprint density at radius 2 is 2.10 bits per heavy atom. The molecule has 3 N–H and O–H groups in total. The van der Waals surface area contributed by atoms with Crippen LogP contribution in [0.4, 0.5) is 5.69 Å². The van der Waals surface area contributed by atoms with Gasteiger partial charge in [-0.15, -0.1) is 11.3 Å². The Labute approximate surface area is 121 Å². The topological polar surface area (TPSA) is 64.3 Å². The molecule has 0 radical (unpaired) electrons. The van der Waals surface area contributed by atoms with Crippen LogP contribution in [-0.2, 0) is 0 Å². The molecule has 1 aromatic carbocycles. The highest BCUT2D eigenvalue weighted by molar-refractivity contribution is 7.12. The van der Waals surface area contributed by atoms with E-state index in [9.17, 15) is 4.79 Å². The number of carbonyl (C=O) groups excluding carboxylic acids is 1. The summed E-state index contributed by atoms with van der Waals surface area (Å²) in [5.41, 5.74) is 6.75. The van der Waals surface area contributed by atoms with Crippen molar-refractivity contribution in [2.45, 2.75) is 0 Å². The van der Waals surface area contributed by atoms with Crippen molar-refractivity contribution in [3.63, 3.8) is 0 Å². The van der Waals surface area contributed by atoms with Gasteiger partial charge in [0.05, 0.1) is 13.7 Å². The summed E-state index contributed by atoms with van der Waals surface area (Å²) < 4.78 is 5.07. The van der Waals surface area contributed by atoms with Crippen LogP contribution in [0.2, 0.25) is 0 Å². The predicted octanol–water partition coefficient (Wildman–Crippen LogP) is 2.32. The molecule has 2 rings (SSSR count). The van der Waals surface area contributed by atoms with Crippen LogP contribution >= 0.6 is 11.3 Å². The summed E-state index contributed by atoms with van der Waals surface area (Å²) in [5.74, 6) is 6.21. The molecule has 1 amide bonds. The molecule has 0 aliphatic carbocycles. The van der Waals surface area contributed by atoms with Crippen LogP contribution in [0.15, 0.2) is 35.7 Å². The minimum Gasteiger partial charge on any atom is -0.497 e. The zero-order valence-corrected chi connectivity index (χ0v) is 11.8. The summed E-state index contributed by atoms with van der Waals surface area (Å²) >= 11 is 1.35. The van der Waals surface area contributed by atoms with Gasteiger partial charge in [-0.2, -0.15) is 0 Å². The number of thiophene rings is 1. The number of amides is 1. The van der Waals surface area contributed by atoms with E-state index in [1.807, 2.05) is 11.4 Å². The second-order valence-electron chi connectivity index (χ2n) is 3.85. The van der Waals surface area contributed by atoms with Crippen LogP contribution in [0, 0.1) is 11.8 Å². The van der Waals surface area contributed by atoms with Crippen molar-refractivity contribution in [1.82, 2.24) is 0 Å². The lowest BCUT2D eigenvalue weighted by Crippen LogP contribution is -2.11. The van der Waals surface area contributed by atoms with Crippen LogP contribution in [-0.4, -0.2) is 19.6 Å². The third-order valence-electron chi connectivity index (χ3n) is 2.54. The van der Waals surface area contributed by atoms with Gasteiger partial charge in [-0.1, -0.05) is 11.8 Å². The van der Waals surface area contributed by atoms with Gasteiger partial charge in [-0.05, 0) is 35.7 Å². The van der Waals surface area contributed by atoms with Crippen LogP contribution in [0.25, 0.3) is 0 Å². The SMILES string of the molecule is COc1ccc(NC(=O)c2sccc2C#CCN)cc1. The highest BCUT2D eigenvalue weighted by Gasteiger charge is 2.12. The number of nitrogens with one attached hydrogen (secondary N) is 1. The molecule has 0 saturated carbocycles. The van der Waals surface area contributed by atoms with Crippen LogP contribution in [0.3, 0.4) is 0 Å². The Hall–Kier alpha value is -2.29. The minimum atomic E-state index is -0.175. The lowest BCUT2D eigenvalue weighted by molar-refractivity contribution is 0.103. The number of ether oxygens (including phenoxy) is 1. The first-order valence-corrected chi connectivity index (χ1v) is 6.84. The number of nitrogens with two attached hydrogens (primary N) is 1. The summed E-state index contributed by atoms with van der Waals surface area (Å²) in [5, 5.41) is 4.67. The van der Waals surface area contributed by atoms with Crippen LogP contribution in [0.1, 0.15) is 15.2 Å². The maximum Gasteiger partial charge on any atom is 0.267 e. The number of rotatable bonds is 3. The van der Waals surface area contributed by atoms with E-state index in [-0.39, 0.29) is 12.5 Å². The smallest absolute Gasteiger partial charge is 0.267 e. The second-order valence-corrected chi connectivity index (χ2v) is 4.77. The molecule has 20 heavy (non-hydrogen) atoms. The molecule has 0 spiro atoms. The van der Waals surface area contributed by atoms with Gasteiger partial charge in [0.25, 0.3) is 5.91 Å². The Bertz CT molecular complexity index is 651. The van der Waals surface area contributed by atoms with Crippen molar-refractivity contribution < 1.29 is 9.53 Å². The zero-order chi connectivity index (χ0) is 14.4. The molecular formula is C15H14N2O2S. The van der Waals surface area contributed by atoms with E-state index in [0.717, 1.165) is 5.75 Å². The Morgan fingerprint density at radius 1 is 1.35 bits per heavy atom. The van der Waals surface area contributed by atoms with Crippen LogP contribution in [0.5, 0.6) is 5.75 Å². The summed E-state index contributed by atoms with van der Waals surface area (Å²) in [6.45, 7) is 0.273. The number of methoxy groups -OCH3 is 1. The molecular weight excluding hydrogens is 272 g/mol. The largest absolute Gasteiger partial charge is 0.497 e. The summed E-state index contributed by atoms with van der Waals surface area (Å²) in [6.07, 6.45) is 0. The third kappa shape index (κ3) is 3.38. The van der Waals surface area contributed by atoms with E-state index in [1.165, 1.54) is 11.3 Å². The van der Waals surface area contributed by atoms with Gasteiger partial charge in [0.1, 0.15) is 10.6 Å². The van der Waals surface area contributed by atoms with Gasteiger partial charge in [-0.25, -0.2) is 0 Å². The van der Waals surface area contributed by atoms with Crippen molar-refractivity contribution in [3.8, 4) is 17.6 Å². The fourth-order valence-electron chi connectivity index (χ4n) is 1.59. The highest BCUT2D eigenvalue weighted by atomic mass is 32.1. The summed E-state index contributed by atoms with van der Waals surface area (Å²) in [4.78, 5) is 12.8. The fourth-order valence-corrected chi connectivity index (χ4v) is 2.34. The average molecular weight is 286 g/mol. The molecule has 4 nitrogen and oxygen atoms in total. The van der Waals surface area contributed by atoms with Crippen molar-refractivity contribution in [3.05, 3.63) is 46.2 Å². The molecule has 2 aromatic rings. The quantitative estimate of drug-likeness (QED) is 0.851. The second kappa shape index (κ2) is 6.75. The van der Waals surface area contributed by atoms with E-state index < -0.39 is 0 Å². The van der Waals surface area contributed by atoms with Gasteiger partial charge in [0, 0.05) is 11.3 Å². The molecule has 0 saturated heterocycles. The van der Waals surface area contributed by atoms with Gasteiger partial charge < -0.3 is 15.8 Å². The van der Waals surface area contributed by atoms with Crippen molar-refractivity contribution in [1.29, 1.82) is 0 Å². The molecule has 1 heterocycles. The van der Waals surface area contributed by atoms with Crippen molar-refractivity contribution in [2.24, 2.45) is 5.73 Å². The molecule has 0 atom stereocenters. The number of benzene rings is 1. The first-order chi connectivity index (χ1) is 9.74. The Morgan fingerprint density at radius 3 is 2.75 bits per heavy atom. The number of anilines is 1. The first-order valence-electron chi connectivity index (χ1n) is 5.96. The van der Waals surface area contributed by atoms with E-state index in [0.29, 0.717) is 16.1 Å². The first kappa shape index (κ1) is 14.1. The zero-order valence-electron chi connectivity index (χ0n) is 11.0. The molecule has 1 aromatic heterocycles. The maximum absolute atomic E-state index is 12.2. The minimum absolute atomic E-state index is 0.175. The number of carbonyl (C=O) groups is 1. The molecule has 0 bridgehead atoms. The number of hydrogen-bond donors (Lipinski definition) is 2. The third-order valence-corrected chi connectivity index (χ3v) is 3.46. The van der Waals surface area contributed by atoms with Gasteiger partial charge in [0.15, 0.2) is 0 Å². The van der Waals surface area contributed by atoms with E-state index in [4.69, 9.17) is 10.5 Å². The number of hydrogen-bond acceptors (Lipinski definition) is 4. The monoisotopic (exact) mass is 286 g/mol.